The van der Waals surface area contributed by atoms with Crippen LogP contribution in [0.2, 0.25) is 0 Å². The van der Waals surface area contributed by atoms with Crippen molar-refractivity contribution in [3.05, 3.63) is 59.7 Å². The van der Waals surface area contributed by atoms with E-state index in [0.29, 0.717) is 12.8 Å². The summed E-state index contributed by atoms with van der Waals surface area (Å²) in [5, 5.41) is 12.7. The topological polar surface area (TPSA) is 95.9 Å². The fourth-order valence-corrected chi connectivity index (χ4v) is 5.53. The smallest absolute Gasteiger partial charge is 0.407 e. The molecule has 0 unspecified atom stereocenters. The van der Waals surface area contributed by atoms with E-state index in [1.807, 2.05) is 50.2 Å². The third-order valence-corrected chi connectivity index (χ3v) is 7.60. The number of alkyl carbamates (subject to hydrolysis) is 1. The first kappa shape index (κ1) is 24.8. The average molecular weight is 479 g/mol. The SMILES string of the molecule is CC(C)[C@H](NC(=O)OCC1c2ccccc2-c2ccccc21)C(=O)N(C)C1(C(=O)O)CCCCC1. The summed E-state index contributed by atoms with van der Waals surface area (Å²) in [6.45, 7) is 3.80. The fraction of sp³-hybridized carbons (Fsp3) is 0.464. The summed E-state index contributed by atoms with van der Waals surface area (Å²) < 4.78 is 5.63. The minimum atomic E-state index is -1.23. The monoisotopic (exact) mass is 478 g/mol. The molecular weight excluding hydrogens is 444 g/mol. The Morgan fingerprint density at radius 1 is 1.00 bits per heavy atom. The second kappa shape index (κ2) is 10.1. The molecule has 2 aromatic carbocycles. The molecule has 0 aromatic heterocycles. The summed E-state index contributed by atoms with van der Waals surface area (Å²) in [6, 6.07) is 15.3. The molecule has 1 fully saturated rings. The van der Waals surface area contributed by atoms with Gasteiger partial charge in [-0.3, -0.25) is 4.79 Å². The molecular formula is C28H34N2O5. The zero-order chi connectivity index (χ0) is 25.2. The van der Waals surface area contributed by atoms with Crippen LogP contribution in [0.5, 0.6) is 0 Å². The molecule has 2 aliphatic rings. The number of nitrogens with one attached hydrogen (secondary N) is 1. The van der Waals surface area contributed by atoms with Crippen LogP contribution in [0, 0.1) is 5.92 Å². The number of carboxylic acids is 1. The van der Waals surface area contributed by atoms with Gasteiger partial charge in [0.15, 0.2) is 0 Å². The lowest BCUT2D eigenvalue weighted by molar-refractivity contribution is -0.161. The molecule has 35 heavy (non-hydrogen) atoms. The van der Waals surface area contributed by atoms with E-state index in [0.717, 1.165) is 41.5 Å². The van der Waals surface area contributed by atoms with Crippen molar-refractivity contribution in [3.8, 4) is 11.1 Å². The Kier molecular flexibility index (Phi) is 7.15. The first-order valence-electron chi connectivity index (χ1n) is 12.4. The molecule has 2 aromatic rings. The maximum atomic E-state index is 13.4. The van der Waals surface area contributed by atoms with Gasteiger partial charge >= 0.3 is 12.1 Å². The number of ether oxygens (including phenoxy) is 1. The number of hydrogen-bond donors (Lipinski definition) is 2. The number of carboxylic acid groups (broad SMARTS) is 1. The van der Waals surface area contributed by atoms with Crippen molar-refractivity contribution in [3.63, 3.8) is 0 Å². The summed E-state index contributed by atoms with van der Waals surface area (Å²) in [5.74, 6) is -1.71. The van der Waals surface area contributed by atoms with Crippen molar-refractivity contribution in [1.82, 2.24) is 10.2 Å². The molecule has 1 saturated carbocycles. The van der Waals surface area contributed by atoms with Crippen LogP contribution in [0.25, 0.3) is 11.1 Å². The number of amides is 2. The molecule has 4 rings (SSSR count). The van der Waals surface area contributed by atoms with Crippen LogP contribution in [0.1, 0.15) is 63.0 Å². The number of likely N-dealkylation sites (N-methyl/N-ethyl adjacent to an activating group) is 1. The predicted molar refractivity (Wildman–Crippen MR) is 133 cm³/mol. The van der Waals surface area contributed by atoms with Gasteiger partial charge in [0, 0.05) is 13.0 Å². The highest BCUT2D eigenvalue weighted by Gasteiger charge is 2.47. The second-order valence-electron chi connectivity index (χ2n) is 9.99. The van der Waals surface area contributed by atoms with Crippen LogP contribution >= 0.6 is 0 Å². The Morgan fingerprint density at radius 3 is 2.06 bits per heavy atom. The van der Waals surface area contributed by atoms with E-state index >= 15 is 0 Å². The molecule has 0 heterocycles. The van der Waals surface area contributed by atoms with Crippen molar-refractivity contribution >= 4 is 18.0 Å². The Morgan fingerprint density at radius 2 is 1.54 bits per heavy atom. The van der Waals surface area contributed by atoms with Crippen molar-refractivity contribution in [2.45, 2.75) is 63.5 Å². The lowest BCUT2D eigenvalue weighted by Crippen LogP contribution is -2.61. The first-order chi connectivity index (χ1) is 16.8. The van der Waals surface area contributed by atoms with Gasteiger partial charge in [-0.25, -0.2) is 9.59 Å². The summed E-state index contributed by atoms with van der Waals surface area (Å²) >= 11 is 0. The van der Waals surface area contributed by atoms with Gasteiger partial charge in [0.05, 0.1) is 0 Å². The molecule has 2 amide bonds. The molecule has 0 radical (unpaired) electrons. The third-order valence-electron chi connectivity index (χ3n) is 7.60. The van der Waals surface area contributed by atoms with Crippen LogP contribution in [0.3, 0.4) is 0 Å². The molecule has 0 spiro atoms. The molecule has 7 heteroatoms. The van der Waals surface area contributed by atoms with Gasteiger partial charge in [-0.1, -0.05) is 81.6 Å². The average Bonchev–Trinajstić information content (AvgIpc) is 3.19. The minimum Gasteiger partial charge on any atom is -0.479 e. The molecule has 1 atom stereocenters. The molecule has 0 saturated heterocycles. The van der Waals surface area contributed by atoms with Crippen LogP contribution in [-0.2, 0) is 14.3 Å². The summed E-state index contributed by atoms with van der Waals surface area (Å²) in [4.78, 5) is 39.8. The van der Waals surface area contributed by atoms with Gasteiger partial charge < -0.3 is 20.1 Å². The number of aliphatic carboxylic acids is 1. The van der Waals surface area contributed by atoms with E-state index in [9.17, 15) is 19.5 Å². The van der Waals surface area contributed by atoms with Crippen LogP contribution in [-0.4, -0.2) is 53.2 Å². The lowest BCUT2D eigenvalue weighted by Gasteiger charge is -2.42. The number of rotatable bonds is 7. The first-order valence-corrected chi connectivity index (χ1v) is 12.4. The summed E-state index contributed by atoms with van der Waals surface area (Å²) in [7, 11) is 1.54. The van der Waals surface area contributed by atoms with E-state index in [2.05, 4.69) is 17.4 Å². The molecule has 2 aliphatic carbocycles. The van der Waals surface area contributed by atoms with Crippen molar-refractivity contribution in [2.24, 2.45) is 5.92 Å². The molecule has 0 aliphatic heterocycles. The van der Waals surface area contributed by atoms with Gasteiger partial charge in [0.1, 0.15) is 18.2 Å². The zero-order valence-corrected chi connectivity index (χ0v) is 20.6. The highest BCUT2D eigenvalue weighted by molar-refractivity contribution is 5.91. The van der Waals surface area contributed by atoms with Crippen LogP contribution < -0.4 is 5.32 Å². The number of nitrogens with zero attached hydrogens (tertiary/aromatic N) is 1. The normalized spacial score (nSPS) is 17.3. The Bertz CT molecular complexity index is 1060. The van der Waals surface area contributed by atoms with Crippen molar-refractivity contribution in [2.75, 3.05) is 13.7 Å². The van der Waals surface area contributed by atoms with Crippen molar-refractivity contribution < 1.29 is 24.2 Å². The second-order valence-corrected chi connectivity index (χ2v) is 9.99. The van der Waals surface area contributed by atoms with Gasteiger partial charge in [-0.2, -0.15) is 0 Å². The fourth-order valence-electron chi connectivity index (χ4n) is 5.53. The molecule has 186 valence electrons. The van der Waals surface area contributed by atoms with E-state index in [1.54, 1.807) is 0 Å². The molecule has 0 bridgehead atoms. The van der Waals surface area contributed by atoms with E-state index in [-0.39, 0.29) is 18.4 Å². The third kappa shape index (κ3) is 4.64. The van der Waals surface area contributed by atoms with E-state index < -0.39 is 29.6 Å². The van der Waals surface area contributed by atoms with Crippen LogP contribution in [0.4, 0.5) is 4.79 Å². The highest BCUT2D eigenvalue weighted by atomic mass is 16.5. The maximum Gasteiger partial charge on any atom is 0.407 e. The maximum absolute atomic E-state index is 13.4. The van der Waals surface area contributed by atoms with Crippen molar-refractivity contribution in [1.29, 1.82) is 0 Å². The largest absolute Gasteiger partial charge is 0.479 e. The van der Waals surface area contributed by atoms with Gasteiger partial charge in [0.2, 0.25) is 5.91 Å². The number of benzene rings is 2. The summed E-state index contributed by atoms with van der Waals surface area (Å²) in [5.41, 5.74) is 3.27. The Labute approximate surface area is 206 Å². The van der Waals surface area contributed by atoms with E-state index in [1.165, 1.54) is 11.9 Å². The zero-order valence-electron chi connectivity index (χ0n) is 20.6. The quantitative estimate of drug-likeness (QED) is 0.596. The van der Waals surface area contributed by atoms with Crippen LogP contribution in [0.15, 0.2) is 48.5 Å². The lowest BCUT2D eigenvalue weighted by atomic mass is 9.80. The predicted octanol–water partition coefficient (Wildman–Crippen LogP) is 4.80. The van der Waals surface area contributed by atoms with E-state index in [4.69, 9.17) is 4.74 Å². The highest BCUT2D eigenvalue weighted by Crippen LogP contribution is 2.44. The van der Waals surface area contributed by atoms with Gasteiger partial charge in [-0.15, -0.1) is 0 Å². The summed E-state index contributed by atoms with van der Waals surface area (Å²) in [6.07, 6.45) is 2.63. The van der Waals surface area contributed by atoms with Gasteiger partial charge in [0.25, 0.3) is 0 Å². The molecule has 2 N–H and O–H groups in total. The Balaban J connectivity index is 1.45. The number of carbonyl (C=O) groups excluding carboxylic acids is 2. The molecule has 7 nitrogen and oxygen atoms in total. The number of carbonyl (C=O) groups is 3. The van der Waals surface area contributed by atoms with Gasteiger partial charge in [-0.05, 0) is 41.0 Å². The number of fused-ring (bicyclic) bond motifs is 3. The minimum absolute atomic E-state index is 0.0819. The standard InChI is InChI=1S/C28H34N2O5/c1-18(2)24(25(31)30(3)28(26(32)33)15-9-4-10-16-28)29-27(34)35-17-23-21-13-7-5-11-19(21)20-12-6-8-14-22(20)23/h5-8,11-14,18,23-24H,4,9-10,15-17H2,1-3H3,(H,29,34)(H,32,33)/t24-/m0/s1. The Hall–Kier alpha value is -3.35. The number of hydrogen-bond acceptors (Lipinski definition) is 4.